The number of aromatic nitrogens is 1. The van der Waals surface area contributed by atoms with Crippen LogP contribution in [0.1, 0.15) is 5.56 Å². The molecular formula is C11H12NO. The minimum Gasteiger partial charge on any atom is -0.395 e. The van der Waals surface area contributed by atoms with Gasteiger partial charge < -0.3 is 9.67 Å². The first-order valence-corrected chi connectivity index (χ1v) is 4.40. The van der Waals surface area contributed by atoms with Crippen molar-refractivity contribution in [3.8, 4) is 0 Å². The molecule has 2 heteroatoms. The highest BCUT2D eigenvalue weighted by Gasteiger charge is 2.02. The SMILES string of the molecule is Cc1cn(CCO)c2ccc[c]c12. The van der Waals surface area contributed by atoms with Crippen molar-refractivity contribution in [1.82, 2.24) is 4.57 Å². The van der Waals surface area contributed by atoms with Crippen molar-refractivity contribution in [3.05, 3.63) is 36.0 Å². The topological polar surface area (TPSA) is 25.2 Å². The Hall–Kier alpha value is -1.28. The van der Waals surface area contributed by atoms with Crippen LogP contribution < -0.4 is 0 Å². The molecule has 1 N–H and O–H groups in total. The van der Waals surface area contributed by atoms with E-state index in [-0.39, 0.29) is 6.61 Å². The Morgan fingerprint density at radius 1 is 1.54 bits per heavy atom. The molecule has 2 aromatic rings. The molecule has 1 aromatic carbocycles. The third-order valence-corrected chi connectivity index (χ3v) is 2.23. The third-order valence-electron chi connectivity index (χ3n) is 2.23. The van der Waals surface area contributed by atoms with E-state index in [1.807, 2.05) is 12.1 Å². The van der Waals surface area contributed by atoms with Crippen molar-refractivity contribution in [3.63, 3.8) is 0 Å². The van der Waals surface area contributed by atoms with Crippen molar-refractivity contribution in [2.45, 2.75) is 13.5 Å². The van der Waals surface area contributed by atoms with E-state index in [1.165, 1.54) is 5.56 Å². The van der Waals surface area contributed by atoms with Gasteiger partial charge in [-0.25, -0.2) is 0 Å². The minimum absolute atomic E-state index is 0.179. The Kier molecular flexibility index (Phi) is 2.07. The van der Waals surface area contributed by atoms with E-state index in [2.05, 4.69) is 29.8 Å². The average molecular weight is 174 g/mol. The molecule has 0 bridgehead atoms. The van der Waals surface area contributed by atoms with Crippen LogP contribution in [0.3, 0.4) is 0 Å². The van der Waals surface area contributed by atoms with E-state index < -0.39 is 0 Å². The second kappa shape index (κ2) is 3.23. The number of fused-ring (bicyclic) bond motifs is 1. The van der Waals surface area contributed by atoms with E-state index in [1.54, 1.807) is 0 Å². The third kappa shape index (κ3) is 1.33. The second-order valence-electron chi connectivity index (χ2n) is 3.16. The molecule has 0 amide bonds. The molecule has 0 aliphatic heterocycles. The lowest BCUT2D eigenvalue weighted by atomic mass is 10.2. The highest BCUT2D eigenvalue weighted by atomic mass is 16.3. The molecule has 2 nitrogen and oxygen atoms in total. The Bertz CT molecular complexity index is 417. The molecular weight excluding hydrogens is 162 g/mol. The van der Waals surface area contributed by atoms with Gasteiger partial charge in [-0.05, 0) is 24.6 Å². The van der Waals surface area contributed by atoms with Crippen LogP contribution in [0.15, 0.2) is 24.4 Å². The molecule has 2 rings (SSSR count). The lowest BCUT2D eigenvalue weighted by molar-refractivity contribution is 0.278. The van der Waals surface area contributed by atoms with E-state index in [0.29, 0.717) is 6.54 Å². The Morgan fingerprint density at radius 2 is 2.38 bits per heavy atom. The standard InChI is InChI=1S/C11H12NO/c1-9-8-12(6-7-13)11-5-3-2-4-10(9)11/h2-3,5,8,13H,6-7H2,1H3. The summed E-state index contributed by atoms with van der Waals surface area (Å²) in [6.07, 6.45) is 2.05. The number of aliphatic hydroxyl groups is 1. The van der Waals surface area contributed by atoms with Gasteiger partial charge in [0.25, 0.3) is 0 Å². The number of aryl methyl sites for hydroxylation is 1. The molecule has 0 fully saturated rings. The van der Waals surface area contributed by atoms with Gasteiger partial charge in [0.1, 0.15) is 0 Å². The van der Waals surface area contributed by atoms with Gasteiger partial charge in [-0.2, -0.15) is 0 Å². The van der Waals surface area contributed by atoms with Gasteiger partial charge >= 0.3 is 0 Å². The first kappa shape index (κ1) is 8.32. The zero-order chi connectivity index (χ0) is 9.26. The molecule has 13 heavy (non-hydrogen) atoms. The number of benzene rings is 1. The van der Waals surface area contributed by atoms with E-state index in [0.717, 1.165) is 10.9 Å². The highest BCUT2D eigenvalue weighted by molar-refractivity contribution is 5.82. The van der Waals surface area contributed by atoms with Crippen LogP contribution in [0.25, 0.3) is 10.9 Å². The van der Waals surface area contributed by atoms with Gasteiger partial charge in [0.2, 0.25) is 0 Å². The van der Waals surface area contributed by atoms with E-state index in [9.17, 15) is 0 Å². The molecule has 0 atom stereocenters. The summed E-state index contributed by atoms with van der Waals surface area (Å²) in [5, 5.41) is 10.0. The van der Waals surface area contributed by atoms with Crippen LogP contribution in [0, 0.1) is 13.0 Å². The van der Waals surface area contributed by atoms with Crippen molar-refractivity contribution < 1.29 is 5.11 Å². The molecule has 67 valence electrons. The van der Waals surface area contributed by atoms with Crippen molar-refractivity contribution >= 4 is 10.9 Å². The quantitative estimate of drug-likeness (QED) is 0.737. The van der Waals surface area contributed by atoms with Crippen LogP contribution in [-0.2, 0) is 6.54 Å². The number of rotatable bonds is 2. The summed E-state index contributed by atoms with van der Waals surface area (Å²) >= 11 is 0. The lowest BCUT2D eigenvalue weighted by Gasteiger charge is -2.00. The number of nitrogens with zero attached hydrogens (tertiary/aromatic N) is 1. The minimum atomic E-state index is 0.179. The molecule has 0 unspecified atom stereocenters. The fourth-order valence-corrected chi connectivity index (χ4v) is 1.64. The predicted octanol–water partition coefficient (Wildman–Crippen LogP) is 1.74. The molecule has 0 aliphatic rings. The van der Waals surface area contributed by atoms with Gasteiger partial charge in [-0.1, -0.05) is 12.1 Å². The fraction of sp³-hybridized carbons (Fsp3) is 0.273. The van der Waals surface area contributed by atoms with Gasteiger partial charge in [0.15, 0.2) is 0 Å². The van der Waals surface area contributed by atoms with Crippen LogP contribution in [0.4, 0.5) is 0 Å². The number of hydrogen-bond donors (Lipinski definition) is 1. The summed E-state index contributed by atoms with van der Waals surface area (Å²) in [6.45, 7) is 2.90. The average Bonchev–Trinajstić information content (AvgIpc) is 2.46. The molecule has 0 spiro atoms. The fourth-order valence-electron chi connectivity index (χ4n) is 1.64. The van der Waals surface area contributed by atoms with Gasteiger partial charge in [0, 0.05) is 23.6 Å². The number of aliphatic hydroxyl groups excluding tert-OH is 1. The maximum Gasteiger partial charge on any atom is 0.0610 e. The second-order valence-corrected chi connectivity index (χ2v) is 3.16. The van der Waals surface area contributed by atoms with Gasteiger partial charge in [-0.15, -0.1) is 0 Å². The Morgan fingerprint density at radius 3 is 3.15 bits per heavy atom. The van der Waals surface area contributed by atoms with Gasteiger partial charge in [-0.3, -0.25) is 0 Å². The molecule has 0 saturated heterocycles. The van der Waals surface area contributed by atoms with Crippen molar-refractivity contribution in [2.75, 3.05) is 6.61 Å². The van der Waals surface area contributed by atoms with Gasteiger partial charge in [0.05, 0.1) is 6.61 Å². The summed E-state index contributed by atoms with van der Waals surface area (Å²) in [5.41, 5.74) is 2.36. The predicted molar refractivity (Wildman–Crippen MR) is 52.6 cm³/mol. The van der Waals surface area contributed by atoms with E-state index in [4.69, 9.17) is 5.11 Å². The van der Waals surface area contributed by atoms with E-state index >= 15 is 0 Å². The molecule has 1 radical (unpaired) electrons. The monoisotopic (exact) mass is 174 g/mol. The van der Waals surface area contributed by atoms with Crippen LogP contribution >= 0.6 is 0 Å². The smallest absolute Gasteiger partial charge is 0.0610 e. The molecule has 1 aromatic heterocycles. The first-order chi connectivity index (χ1) is 6.33. The summed E-state index contributed by atoms with van der Waals surface area (Å²) in [5.74, 6) is 0. The summed E-state index contributed by atoms with van der Waals surface area (Å²) in [6, 6.07) is 9.13. The lowest BCUT2D eigenvalue weighted by Crippen LogP contribution is -1.99. The summed E-state index contributed by atoms with van der Waals surface area (Å²) in [4.78, 5) is 0. The normalized spacial score (nSPS) is 10.9. The largest absolute Gasteiger partial charge is 0.395 e. The summed E-state index contributed by atoms with van der Waals surface area (Å²) in [7, 11) is 0. The summed E-state index contributed by atoms with van der Waals surface area (Å²) < 4.78 is 2.06. The van der Waals surface area contributed by atoms with Crippen LogP contribution in [-0.4, -0.2) is 16.3 Å². The molecule has 0 aliphatic carbocycles. The Balaban J connectivity index is 2.63. The van der Waals surface area contributed by atoms with Crippen molar-refractivity contribution in [2.24, 2.45) is 0 Å². The number of hydrogen-bond acceptors (Lipinski definition) is 1. The molecule has 0 saturated carbocycles. The Labute approximate surface area is 77.4 Å². The highest BCUT2D eigenvalue weighted by Crippen LogP contribution is 2.19. The zero-order valence-corrected chi connectivity index (χ0v) is 7.62. The van der Waals surface area contributed by atoms with Crippen molar-refractivity contribution in [1.29, 1.82) is 0 Å². The van der Waals surface area contributed by atoms with Crippen LogP contribution in [0.2, 0.25) is 0 Å². The maximum absolute atomic E-state index is 8.86. The maximum atomic E-state index is 8.86. The van der Waals surface area contributed by atoms with Crippen LogP contribution in [0.5, 0.6) is 0 Å². The molecule has 1 heterocycles. The zero-order valence-electron chi connectivity index (χ0n) is 7.62. The first-order valence-electron chi connectivity index (χ1n) is 4.40.